The lowest BCUT2D eigenvalue weighted by Gasteiger charge is -2.26. The van der Waals surface area contributed by atoms with Gasteiger partial charge < -0.3 is 5.11 Å². The third-order valence-corrected chi connectivity index (χ3v) is 3.97. The molecule has 1 aromatic rings. The molecule has 78 valence electrons. The lowest BCUT2D eigenvalue weighted by atomic mass is 9.97. The van der Waals surface area contributed by atoms with Crippen molar-refractivity contribution in [3.8, 4) is 0 Å². The van der Waals surface area contributed by atoms with E-state index >= 15 is 0 Å². The van der Waals surface area contributed by atoms with Crippen molar-refractivity contribution in [2.75, 3.05) is 0 Å². The van der Waals surface area contributed by atoms with E-state index in [4.69, 9.17) is 0 Å². The van der Waals surface area contributed by atoms with E-state index in [1.165, 1.54) is 17.7 Å². The highest BCUT2D eigenvalue weighted by Crippen LogP contribution is 2.33. The molecule has 1 aliphatic carbocycles. The number of nitrogens with zero attached hydrogens (tertiary/aromatic N) is 2. The lowest BCUT2D eigenvalue weighted by Crippen LogP contribution is -2.26. The van der Waals surface area contributed by atoms with Crippen LogP contribution in [0.5, 0.6) is 0 Å². The van der Waals surface area contributed by atoms with Gasteiger partial charge in [-0.25, -0.2) is 0 Å². The largest absolute Gasteiger partial charge is 0.392 e. The molecule has 0 saturated heterocycles. The van der Waals surface area contributed by atoms with Crippen LogP contribution in [0.4, 0.5) is 0 Å². The molecule has 0 spiro atoms. The monoisotopic (exact) mass is 212 g/mol. The Morgan fingerprint density at radius 2 is 2.29 bits per heavy atom. The third-order valence-electron chi connectivity index (χ3n) is 2.64. The summed E-state index contributed by atoms with van der Waals surface area (Å²) in [6.07, 6.45) is 8.24. The second-order valence-corrected chi connectivity index (χ2v) is 5.17. The summed E-state index contributed by atoms with van der Waals surface area (Å²) in [5.41, 5.74) is 0. The van der Waals surface area contributed by atoms with Gasteiger partial charge in [0.2, 0.25) is 0 Å². The third kappa shape index (κ3) is 2.30. The number of aromatic nitrogens is 2. The number of aliphatic hydroxyl groups is 1. The SMILES string of the molecule is Cn1cc(SC2CCCCC2O)cn1. The van der Waals surface area contributed by atoms with Gasteiger partial charge in [0.15, 0.2) is 0 Å². The smallest absolute Gasteiger partial charge is 0.0662 e. The van der Waals surface area contributed by atoms with Gasteiger partial charge in [0, 0.05) is 23.4 Å². The molecule has 1 saturated carbocycles. The summed E-state index contributed by atoms with van der Waals surface area (Å²) >= 11 is 1.76. The average molecular weight is 212 g/mol. The number of thioether (sulfide) groups is 1. The highest BCUT2D eigenvalue weighted by Gasteiger charge is 2.24. The van der Waals surface area contributed by atoms with Crippen LogP contribution in [0.15, 0.2) is 17.3 Å². The van der Waals surface area contributed by atoms with Crippen molar-refractivity contribution < 1.29 is 5.11 Å². The van der Waals surface area contributed by atoms with Crippen molar-refractivity contribution in [2.24, 2.45) is 7.05 Å². The van der Waals surface area contributed by atoms with Gasteiger partial charge in [-0.1, -0.05) is 12.8 Å². The molecule has 1 N–H and O–H groups in total. The van der Waals surface area contributed by atoms with Gasteiger partial charge in [-0.3, -0.25) is 4.68 Å². The Morgan fingerprint density at radius 3 is 2.93 bits per heavy atom. The minimum absolute atomic E-state index is 0.131. The summed E-state index contributed by atoms with van der Waals surface area (Å²) in [7, 11) is 1.92. The molecule has 1 aromatic heterocycles. The van der Waals surface area contributed by atoms with E-state index in [1.807, 2.05) is 19.4 Å². The first kappa shape index (κ1) is 10.1. The van der Waals surface area contributed by atoms with Crippen LogP contribution in [0, 0.1) is 0 Å². The Balaban J connectivity index is 1.95. The molecule has 0 bridgehead atoms. The molecule has 3 nitrogen and oxygen atoms in total. The van der Waals surface area contributed by atoms with Crippen LogP contribution < -0.4 is 0 Å². The van der Waals surface area contributed by atoms with Gasteiger partial charge in [0.1, 0.15) is 0 Å². The van der Waals surface area contributed by atoms with E-state index in [-0.39, 0.29) is 6.10 Å². The van der Waals surface area contributed by atoms with Crippen molar-refractivity contribution in [2.45, 2.75) is 41.9 Å². The highest BCUT2D eigenvalue weighted by molar-refractivity contribution is 8.00. The van der Waals surface area contributed by atoms with E-state index in [1.54, 1.807) is 16.4 Å². The standard InChI is InChI=1S/C10H16N2OS/c1-12-7-8(6-11-12)14-10-5-3-2-4-9(10)13/h6-7,9-10,13H,2-5H2,1H3. The number of aliphatic hydroxyl groups excluding tert-OH is 1. The molecule has 2 unspecified atom stereocenters. The second-order valence-electron chi connectivity index (χ2n) is 3.86. The van der Waals surface area contributed by atoms with Crippen LogP contribution in [-0.4, -0.2) is 26.2 Å². The van der Waals surface area contributed by atoms with Crippen LogP contribution in [0.1, 0.15) is 25.7 Å². The van der Waals surface area contributed by atoms with Crippen LogP contribution in [0.3, 0.4) is 0 Å². The number of hydrogen-bond donors (Lipinski definition) is 1. The van der Waals surface area contributed by atoms with Gasteiger partial charge in [-0.2, -0.15) is 5.10 Å². The predicted molar refractivity (Wildman–Crippen MR) is 57.3 cm³/mol. The molecular weight excluding hydrogens is 196 g/mol. The van der Waals surface area contributed by atoms with Crippen molar-refractivity contribution in [1.29, 1.82) is 0 Å². The van der Waals surface area contributed by atoms with Crippen molar-refractivity contribution in [1.82, 2.24) is 9.78 Å². The van der Waals surface area contributed by atoms with Gasteiger partial charge >= 0.3 is 0 Å². The first-order valence-corrected chi connectivity index (χ1v) is 5.97. The van der Waals surface area contributed by atoms with Crippen LogP contribution in [-0.2, 0) is 7.05 Å². The zero-order valence-electron chi connectivity index (χ0n) is 8.39. The van der Waals surface area contributed by atoms with Gasteiger partial charge in [-0.05, 0) is 12.8 Å². The Kier molecular flexibility index (Phi) is 3.13. The molecular formula is C10H16N2OS. The molecule has 14 heavy (non-hydrogen) atoms. The lowest BCUT2D eigenvalue weighted by molar-refractivity contribution is 0.137. The molecule has 2 atom stereocenters. The quantitative estimate of drug-likeness (QED) is 0.812. The summed E-state index contributed by atoms with van der Waals surface area (Å²) in [6, 6.07) is 0. The Hall–Kier alpha value is -0.480. The molecule has 0 aliphatic heterocycles. The van der Waals surface area contributed by atoms with E-state index in [0.29, 0.717) is 5.25 Å². The Morgan fingerprint density at radius 1 is 1.50 bits per heavy atom. The Bertz CT molecular complexity index is 300. The van der Waals surface area contributed by atoms with E-state index in [0.717, 1.165) is 12.8 Å². The predicted octanol–water partition coefficient (Wildman–Crippen LogP) is 1.82. The first-order chi connectivity index (χ1) is 6.75. The fourth-order valence-electron chi connectivity index (χ4n) is 1.85. The summed E-state index contributed by atoms with van der Waals surface area (Å²) in [5.74, 6) is 0. The summed E-state index contributed by atoms with van der Waals surface area (Å²) in [4.78, 5) is 1.17. The molecule has 0 amide bonds. The zero-order chi connectivity index (χ0) is 9.97. The maximum atomic E-state index is 9.79. The fraction of sp³-hybridized carbons (Fsp3) is 0.700. The van der Waals surface area contributed by atoms with Crippen LogP contribution in [0.25, 0.3) is 0 Å². The molecule has 0 aromatic carbocycles. The van der Waals surface area contributed by atoms with Gasteiger partial charge in [0.25, 0.3) is 0 Å². The summed E-state index contributed by atoms with van der Waals surface area (Å²) in [5, 5.41) is 14.3. The van der Waals surface area contributed by atoms with Crippen molar-refractivity contribution in [3.05, 3.63) is 12.4 Å². The summed E-state index contributed by atoms with van der Waals surface area (Å²) in [6.45, 7) is 0. The molecule has 1 heterocycles. The van der Waals surface area contributed by atoms with Crippen molar-refractivity contribution >= 4 is 11.8 Å². The maximum absolute atomic E-state index is 9.79. The number of rotatable bonds is 2. The normalized spacial score (nSPS) is 27.9. The van der Waals surface area contributed by atoms with Crippen molar-refractivity contribution in [3.63, 3.8) is 0 Å². The van der Waals surface area contributed by atoms with E-state index in [2.05, 4.69) is 5.10 Å². The summed E-state index contributed by atoms with van der Waals surface area (Å²) < 4.78 is 1.80. The molecule has 2 rings (SSSR count). The molecule has 4 heteroatoms. The van der Waals surface area contributed by atoms with E-state index in [9.17, 15) is 5.11 Å². The highest BCUT2D eigenvalue weighted by atomic mass is 32.2. The van der Waals surface area contributed by atoms with E-state index < -0.39 is 0 Å². The number of aryl methyl sites for hydroxylation is 1. The topological polar surface area (TPSA) is 38.0 Å². The maximum Gasteiger partial charge on any atom is 0.0662 e. The number of hydrogen-bond acceptors (Lipinski definition) is 3. The van der Waals surface area contributed by atoms with Crippen LogP contribution in [0.2, 0.25) is 0 Å². The minimum Gasteiger partial charge on any atom is -0.392 e. The molecule has 1 fully saturated rings. The average Bonchev–Trinajstić information content (AvgIpc) is 2.56. The minimum atomic E-state index is -0.131. The first-order valence-electron chi connectivity index (χ1n) is 5.09. The Labute approximate surface area is 88.5 Å². The van der Waals surface area contributed by atoms with Gasteiger partial charge in [0.05, 0.1) is 12.3 Å². The second kappa shape index (κ2) is 4.36. The zero-order valence-corrected chi connectivity index (χ0v) is 9.20. The molecule has 1 aliphatic rings. The fourth-order valence-corrected chi connectivity index (χ4v) is 3.10. The molecule has 0 radical (unpaired) electrons. The van der Waals surface area contributed by atoms with Crippen LogP contribution >= 0.6 is 11.8 Å². The van der Waals surface area contributed by atoms with Gasteiger partial charge in [-0.15, -0.1) is 11.8 Å².